The minimum atomic E-state index is -0.818. The predicted molar refractivity (Wildman–Crippen MR) is 143 cm³/mol. The van der Waals surface area contributed by atoms with E-state index < -0.39 is 18.0 Å². The van der Waals surface area contributed by atoms with Crippen LogP contribution in [0.5, 0.6) is 5.75 Å². The highest BCUT2D eigenvalue weighted by molar-refractivity contribution is 5.89. The topological polar surface area (TPSA) is 98.7 Å². The molecule has 4 N–H and O–H groups in total. The van der Waals surface area contributed by atoms with Gasteiger partial charge in [-0.2, -0.15) is 0 Å². The van der Waals surface area contributed by atoms with E-state index in [2.05, 4.69) is 0 Å². The van der Waals surface area contributed by atoms with E-state index in [0.29, 0.717) is 31.7 Å². The molecule has 7 heteroatoms. The molecule has 0 unspecified atom stereocenters. The Morgan fingerprint density at radius 3 is 2.19 bits per heavy atom. The first kappa shape index (κ1) is 27.9. The third-order valence-corrected chi connectivity index (χ3v) is 6.60. The lowest BCUT2D eigenvalue weighted by Crippen LogP contribution is -2.53. The average molecular weight is 506 g/mol. The molecule has 196 valence electrons. The van der Waals surface area contributed by atoms with Gasteiger partial charge in [0, 0.05) is 6.54 Å². The number of rotatable bonds is 12. The molecular weight excluding hydrogens is 469 g/mol. The number of nitrogens with two attached hydrogens (primary N) is 2. The Hall–Kier alpha value is -3.71. The van der Waals surface area contributed by atoms with Crippen LogP contribution in [-0.2, 0) is 29.0 Å². The predicted octanol–water partition coefficient (Wildman–Crippen LogP) is 4.23. The summed E-state index contributed by atoms with van der Waals surface area (Å²) in [4.78, 5) is 26.8. The number of benzene rings is 3. The Bertz CT molecular complexity index is 1180. The van der Waals surface area contributed by atoms with Crippen LogP contribution in [0.1, 0.15) is 41.2 Å². The Labute approximate surface area is 218 Å². The lowest BCUT2D eigenvalue weighted by molar-refractivity contribution is -0.139. The second-order valence-electron chi connectivity index (χ2n) is 9.46. The molecule has 0 saturated carbocycles. The van der Waals surface area contributed by atoms with Gasteiger partial charge in [0.2, 0.25) is 11.8 Å². The van der Waals surface area contributed by atoms with Gasteiger partial charge in [-0.05, 0) is 92.1 Å². The van der Waals surface area contributed by atoms with Crippen molar-refractivity contribution in [2.24, 2.45) is 11.5 Å². The van der Waals surface area contributed by atoms with Crippen molar-refractivity contribution in [3.05, 3.63) is 100 Å². The first-order valence-corrected chi connectivity index (χ1v) is 12.5. The van der Waals surface area contributed by atoms with Gasteiger partial charge in [0.05, 0.1) is 6.04 Å². The van der Waals surface area contributed by atoms with Crippen LogP contribution < -0.4 is 16.2 Å². The molecule has 0 aliphatic rings. The minimum absolute atomic E-state index is 0.286. The van der Waals surface area contributed by atoms with Gasteiger partial charge in [-0.3, -0.25) is 9.59 Å². The molecule has 0 aliphatic carbocycles. The van der Waals surface area contributed by atoms with E-state index in [9.17, 15) is 14.0 Å². The van der Waals surface area contributed by atoms with Crippen molar-refractivity contribution in [2.75, 3.05) is 6.54 Å². The third kappa shape index (κ3) is 7.89. The maximum atomic E-state index is 13.4. The summed E-state index contributed by atoms with van der Waals surface area (Å²) >= 11 is 0. The zero-order valence-corrected chi connectivity index (χ0v) is 21.7. The van der Waals surface area contributed by atoms with E-state index in [1.807, 2.05) is 56.3 Å². The lowest BCUT2D eigenvalue weighted by atomic mass is 9.95. The SMILES string of the molecule is Cc1cc(OCc2ccc(F)cc2)cc(C)c1C[C@H](N)C(=O)N(CCCc1ccccc1)[C@H](C)C(N)=O. The zero-order valence-electron chi connectivity index (χ0n) is 21.7. The molecule has 37 heavy (non-hydrogen) atoms. The second-order valence-corrected chi connectivity index (χ2v) is 9.46. The van der Waals surface area contributed by atoms with Gasteiger partial charge in [-0.25, -0.2) is 4.39 Å². The molecule has 0 radical (unpaired) electrons. The molecule has 2 amide bonds. The quantitative estimate of drug-likeness (QED) is 0.385. The smallest absolute Gasteiger partial charge is 0.240 e. The van der Waals surface area contributed by atoms with Crippen LogP contribution in [-0.4, -0.2) is 35.3 Å². The Balaban J connectivity index is 1.66. The Morgan fingerprint density at radius 2 is 1.59 bits per heavy atom. The molecule has 0 saturated heterocycles. The summed E-state index contributed by atoms with van der Waals surface area (Å²) in [7, 11) is 0. The monoisotopic (exact) mass is 505 g/mol. The molecule has 0 aromatic heterocycles. The summed E-state index contributed by atoms with van der Waals surface area (Å²) in [6.45, 7) is 6.25. The van der Waals surface area contributed by atoms with Gasteiger partial charge in [-0.15, -0.1) is 0 Å². The normalized spacial score (nSPS) is 12.6. The van der Waals surface area contributed by atoms with Gasteiger partial charge in [0.1, 0.15) is 24.2 Å². The minimum Gasteiger partial charge on any atom is -0.489 e. The number of primary amides is 1. The van der Waals surface area contributed by atoms with Crippen LogP contribution in [0.2, 0.25) is 0 Å². The van der Waals surface area contributed by atoms with E-state index >= 15 is 0 Å². The number of hydrogen-bond acceptors (Lipinski definition) is 4. The van der Waals surface area contributed by atoms with Gasteiger partial charge < -0.3 is 21.1 Å². The third-order valence-electron chi connectivity index (χ3n) is 6.60. The van der Waals surface area contributed by atoms with E-state index in [-0.39, 0.29) is 11.7 Å². The number of carbonyl (C=O) groups is 2. The fraction of sp³-hybridized carbons (Fsp3) is 0.333. The largest absolute Gasteiger partial charge is 0.489 e. The van der Waals surface area contributed by atoms with Crippen LogP contribution in [0.15, 0.2) is 66.7 Å². The van der Waals surface area contributed by atoms with Crippen molar-refractivity contribution in [3.8, 4) is 5.75 Å². The molecule has 0 fully saturated rings. The summed E-state index contributed by atoms with van der Waals surface area (Å²) in [5, 5.41) is 0. The summed E-state index contributed by atoms with van der Waals surface area (Å²) in [5.41, 5.74) is 16.8. The van der Waals surface area contributed by atoms with Crippen molar-refractivity contribution in [3.63, 3.8) is 0 Å². The molecule has 0 spiro atoms. The second kappa shape index (κ2) is 13.0. The van der Waals surface area contributed by atoms with E-state index in [1.54, 1.807) is 19.1 Å². The highest BCUT2D eigenvalue weighted by Gasteiger charge is 2.28. The van der Waals surface area contributed by atoms with Crippen LogP contribution in [0, 0.1) is 19.7 Å². The molecule has 0 bridgehead atoms. The highest BCUT2D eigenvalue weighted by Crippen LogP contribution is 2.24. The first-order valence-electron chi connectivity index (χ1n) is 12.5. The summed E-state index contributed by atoms with van der Waals surface area (Å²) in [6.07, 6.45) is 1.80. The Morgan fingerprint density at radius 1 is 0.973 bits per heavy atom. The van der Waals surface area contributed by atoms with Crippen LogP contribution in [0.3, 0.4) is 0 Å². The van der Waals surface area contributed by atoms with Crippen molar-refractivity contribution in [2.45, 2.75) is 58.7 Å². The van der Waals surface area contributed by atoms with Crippen LogP contribution in [0.25, 0.3) is 0 Å². The Kier molecular flexibility index (Phi) is 9.80. The lowest BCUT2D eigenvalue weighted by Gasteiger charge is -2.30. The maximum absolute atomic E-state index is 13.4. The number of hydrogen-bond donors (Lipinski definition) is 2. The van der Waals surface area contributed by atoms with Crippen LogP contribution in [0.4, 0.5) is 4.39 Å². The van der Waals surface area contributed by atoms with Crippen molar-refractivity contribution in [1.82, 2.24) is 4.90 Å². The average Bonchev–Trinajstić information content (AvgIpc) is 2.88. The summed E-state index contributed by atoms with van der Waals surface area (Å²) in [5.74, 6) is -0.455. The molecule has 3 aromatic carbocycles. The van der Waals surface area contributed by atoms with E-state index in [4.69, 9.17) is 16.2 Å². The first-order chi connectivity index (χ1) is 17.7. The van der Waals surface area contributed by atoms with E-state index in [1.165, 1.54) is 22.6 Å². The van der Waals surface area contributed by atoms with Gasteiger partial charge in [-0.1, -0.05) is 42.5 Å². The molecule has 0 heterocycles. The number of carbonyl (C=O) groups excluding carboxylic acids is 2. The number of halogens is 1. The van der Waals surface area contributed by atoms with Crippen LogP contribution >= 0.6 is 0 Å². The van der Waals surface area contributed by atoms with Gasteiger partial charge >= 0.3 is 0 Å². The number of nitrogens with zero attached hydrogens (tertiary/aromatic N) is 1. The maximum Gasteiger partial charge on any atom is 0.240 e. The molecule has 3 aromatic rings. The number of aryl methyl sites for hydroxylation is 3. The fourth-order valence-corrected chi connectivity index (χ4v) is 4.37. The standard InChI is InChI=1S/C30H36FN3O3/c1-20-16-26(37-19-24-11-13-25(31)14-12-24)17-21(2)27(20)18-28(32)30(36)34(22(3)29(33)35)15-7-10-23-8-5-4-6-9-23/h4-6,8-9,11-14,16-17,22,28H,7,10,15,18-19,32H2,1-3H3,(H2,33,35)/t22-,28+/m1/s1. The zero-order chi connectivity index (χ0) is 26.9. The number of ether oxygens (including phenoxy) is 1. The van der Waals surface area contributed by atoms with E-state index in [0.717, 1.165) is 28.7 Å². The van der Waals surface area contributed by atoms with Crippen molar-refractivity contribution < 1.29 is 18.7 Å². The highest BCUT2D eigenvalue weighted by atomic mass is 19.1. The summed E-state index contributed by atoms with van der Waals surface area (Å²) < 4.78 is 19.0. The summed E-state index contributed by atoms with van der Waals surface area (Å²) in [6, 6.07) is 18.4. The molecule has 6 nitrogen and oxygen atoms in total. The molecule has 0 aliphatic heterocycles. The van der Waals surface area contributed by atoms with Crippen molar-refractivity contribution in [1.29, 1.82) is 0 Å². The van der Waals surface area contributed by atoms with Crippen molar-refractivity contribution >= 4 is 11.8 Å². The molecule has 2 atom stereocenters. The van der Waals surface area contributed by atoms with Gasteiger partial charge in [0.25, 0.3) is 0 Å². The fourth-order valence-electron chi connectivity index (χ4n) is 4.37. The molecule has 3 rings (SSSR count). The molecular formula is C30H36FN3O3. The number of amides is 2. The van der Waals surface area contributed by atoms with Gasteiger partial charge in [0.15, 0.2) is 0 Å².